The summed E-state index contributed by atoms with van der Waals surface area (Å²) in [4.78, 5) is 48.7. The number of rotatable bonds is 4. The monoisotopic (exact) mass is 360 g/mol. The van der Waals surface area contributed by atoms with Gasteiger partial charge in [-0.05, 0) is 39.0 Å². The molecule has 1 fully saturated rings. The zero-order chi connectivity index (χ0) is 19.1. The molecule has 0 bridgehead atoms. The van der Waals surface area contributed by atoms with Gasteiger partial charge in [0, 0.05) is 18.7 Å². The van der Waals surface area contributed by atoms with Gasteiger partial charge in [0.15, 0.2) is 6.10 Å². The van der Waals surface area contributed by atoms with E-state index in [0.29, 0.717) is 17.1 Å². The van der Waals surface area contributed by atoms with Gasteiger partial charge >= 0.3 is 6.03 Å². The van der Waals surface area contributed by atoms with Crippen molar-refractivity contribution in [3.8, 4) is 5.75 Å². The Balaban J connectivity index is 1.59. The Labute approximate surface area is 150 Å². The molecule has 2 heterocycles. The molecule has 26 heavy (non-hydrogen) atoms. The van der Waals surface area contributed by atoms with Crippen molar-refractivity contribution in [1.29, 1.82) is 0 Å². The maximum Gasteiger partial charge on any atom is 0.325 e. The van der Waals surface area contributed by atoms with Crippen molar-refractivity contribution in [3.05, 3.63) is 18.2 Å². The Morgan fingerprint density at radius 3 is 2.69 bits per heavy atom. The number of carbonyl (C=O) groups excluding carboxylic acids is 4. The first-order valence-corrected chi connectivity index (χ1v) is 8.23. The molecule has 0 radical (unpaired) electrons. The highest BCUT2D eigenvalue weighted by Crippen LogP contribution is 2.32. The standard InChI is InChI=1S/C17H20N4O5/c1-9-14(23)19-11-8-10(4-5-12(11)26-9)18-13(22)6-7-21-15(24)17(2,3)20-16(21)25/h4-5,8-9H,6-7H2,1-3H3,(H,18,22)(H,19,23)(H,20,25)/t9-/m0/s1. The minimum Gasteiger partial charge on any atom is -0.479 e. The number of urea groups is 1. The first kappa shape index (κ1) is 17.7. The van der Waals surface area contributed by atoms with Gasteiger partial charge in [-0.2, -0.15) is 0 Å². The molecule has 1 aromatic carbocycles. The van der Waals surface area contributed by atoms with Crippen LogP contribution in [0.4, 0.5) is 16.2 Å². The van der Waals surface area contributed by atoms with Gasteiger partial charge in [0.05, 0.1) is 5.69 Å². The topological polar surface area (TPSA) is 117 Å². The first-order chi connectivity index (χ1) is 12.2. The number of imide groups is 1. The predicted octanol–water partition coefficient (Wildman–Crippen LogP) is 1.06. The van der Waals surface area contributed by atoms with Crippen molar-refractivity contribution >= 4 is 35.1 Å². The van der Waals surface area contributed by atoms with E-state index in [2.05, 4.69) is 16.0 Å². The van der Waals surface area contributed by atoms with Crippen LogP contribution in [0.5, 0.6) is 5.75 Å². The summed E-state index contributed by atoms with van der Waals surface area (Å²) >= 11 is 0. The number of fused-ring (bicyclic) bond motifs is 1. The molecule has 3 N–H and O–H groups in total. The lowest BCUT2D eigenvalue weighted by molar-refractivity contribution is -0.130. The number of ether oxygens (including phenoxy) is 1. The van der Waals surface area contributed by atoms with E-state index in [1.165, 1.54) is 0 Å². The average Bonchev–Trinajstić information content (AvgIpc) is 2.75. The van der Waals surface area contributed by atoms with Crippen LogP contribution in [0.2, 0.25) is 0 Å². The van der Waals surface area contributed by atoms with E-state index in [1.807, 2.05) is 0 Å². The van der Waals surface area contributed by atoms with E-state index in [-0.39, 0.29) is 30.7 Å². The maximum atomic E-state index is 12.1. The minimum absolute atomic E-state index is 0.0117. The Kier molecular flexibility index (Phi) is 4.31. The molecule has 138 valence electrons. The van der Waals surface area contributed by atoms with E-state index in [9.17, 15) is 19.2 Å². The Morgan fingerprint density at radius 2 is 2.04 bits per heavy atom. The van der Waals surface area contributed by atoms with Gasteiger partial charge in [-0.25, -0.2) is 4.79 Å². The summed E-state index contributed by atoms with van der Waals surface area (Å²) in [6, 6.07) is 4.39. The van der Waals surface area contributed by atoms with E-state index < -0.39 is 17.7 Å². The number of amides is 5. The lowest BCUT2D eigenvalue weighted by atomic mass is 10.1. The zero-order valence-electron chi connectivity index (χ0n) is 14.7. The molecule has 2 aliphatic heterocycles. The van der Waals surface area contributed by atoms with Crippen LogP contribution < -0.4 is 20.7 Å². The fraction of sp³-hybridized carbons (Fsp3) is 0.412. The third kappa shape index (κ3) is 3.32. The number of nitrogens with zero attached hydrogens (tertiary/aromatic N) is 1. The van der Waals surface area contributed by atoms with Crippen LogP contribution in [-0.2, 0) is 14.4 Å². The first-order valence-electron chi connectivity index (χ1n) is 8.23. The molecule has 9 heteroatoms. The van der Waals surface area contributed by atoms with Crippen molar-refractivity contribution in [2.24, 2.45) is 0 Å². The summed E-state index contributed by atoms with van der Waals surface area (Å²) in [6.07, 6.45) is -0.608. The van der Waals surface area contributed by atoms with Gasteiger partial charge in [-0.15, -0.1) is 0 Å². The predicted molar refractivity (Wildman–Crippen MR) is 92.7 cm³/mol. The highest BCUT2D eigenvalue weighted by atomic mass is 16.5. The molecule has 0 aromatic heterocycles. The second kappa shape index (κ2) is 6.32. The molecule has 0 unspecified atom stereocenters. The van der Waals surface area contributed by atoms with Crippen LogP contribution >= 0.6 is 0 Å². The molecule has 1 atom stereocenters. The third-order valence-electron chi connectivity index (χ3n) is 4.20. The Morgan fingerprint density at radius 1 is 1.31 bits per heavy atom. The molecule has 1 aromatic rings. The minimum atomic E-state index is -0.957. The van der Waals surface area contributed by atoms with E-state index in [0.717, 1.165) is 4.90 Å². The molecule has 0 aliphatic carbocycles. The summed E-state index contributed by atoms with van der Waals surface area (Å²) < 4.78 is 5.45. The van der Waals surface area contributed by atoms with E-state index in [4.69, 9.17) is 4.74 Å². The van der Waals surface area contributed by atoms with Gasteiger partial charge in [0.25, 0.3) is 11.8 Å². The molecule has 9 nitrogen and oxygen atoms in total. The number of hydrogen-bond acceptors (Lipinski definition) is 5. The molecule has 2 aliphatic rings. The zero-order valence-corrected chi connectivity index (χ0v) is 14.7. The molecular formula is C17H20N4O5. The van der Waals surface area contributed by atoms with Crippen LogP contribution in [-0.4, -0.2) is 46.8 Å². The second-order valence-corrected chi connectivity index (χ2v) is 6.77. The largest absolute Gasteiger partial charge is 0.479 e. The summed E-state index contributed by atoms with van der Waals surface area (Å²) in [6.45, 7) is 4.85. The van der Waals surface area contributed by atoms with Gasteiger partial charge in [-0.1, -0.05) is 0 Å². The SMILES string of the molecule is C[C@@H]1Oc2ccc(NC(=O)CCN3C(=O)NC(C)(C)C3=O)cc2NC1=O. The van der Waals surface area contributed by atoms with Gasteiger partial charge in [-0.3, -0.25) is 19.3 Å². The van der Waals surface area contributed by atoms with E-state index in [1.54, 1.807) is 39.0 Å². The maximum absolute atomic E-state index is 12.1. The molecule has 1 saturated heterocycles. The quantitative estimate of drug-likeness (QED) is 0.694. The summed E-state index contributed by atoms with van der Waals surface area (Å²) in [5.74, 6) is -0.455. The fourth-order valence-corrected chi connectivity index (χ4v) is 2.74. The number of hydrogen-bond donors (Lipinski definition) is 3. The number of nitrogens with one attached hydrogen (secondary N) is 3. The third-order valence-corrected chi connectivity index (χ3v) is 4.20. The summed E-state index contributed by atoms with van der Waals surface area (Å²) in [5.41, 5.74) is -0.00650. The molecule has 3 rings (SSSR count). The summed E-state index contributed by atoms with van der Waals surface area (Å²) in [7, 11) is 0. The highest BCUT2D eigenvalue weighted by molar-refractivity contribution is 6.07. The molecule has 0 saturated carbocycles. The average molecular weight is 360 g/mol. The number of carbonyl (C=O) groups is 4. The Bertz CT molecular complexity index is 804. The lowest BCUT2D eigenvalue weighted by Crippen LogP contribution is -2.40. The molecular weight excluding hydrogens is 340 g/mol. The highest BCUT2D eigenvalue weighted by Gasteiger charge is 2.44. The number of anilines is 2. The normalized spacial score (nSPS) is 20.8. The van der Waals surface area contributed by atoms with Crippen LogP contribution in [0.3, 0.4) is 0 Å². The Hall–Kier alpha value is -3.10. The lowest BCUT2D eigenvalue weighted by Gasteiger charge is -2.23. The van der Waals surface area contributed by atoms with E-state index >= 15 is 0 Å². The van der Waals surface area contributed by atoms with Crippen molar-refractivity contribution in [1.82, 2.24) is 10.2 Å². The van der Waals surface area contributed by atoms with Crippen LogP contribution in [0.1, 0.15) is 27.2 Å². The van der Waals surface area contributed by atoms with Crippen molar-refractivity contribution in [3.63, 3.8) is 0 Å². The molecule has 5 amide bonds. The van der Waals surface area contributed by atoms with Crippen molar-refractivity contribution < 1.29 is 23.9 Å². The van der Waals surface area contributed by atoms with Crippen molar-refractivity contribution in [2.45, 2.75) is 38.8 Å². The van der Waals surface area contributed by atoms with Crippen molar-refractivity contribution in [2.75, 3.05) is 17.2 Å². The van der Waals surface area contributed by atoms with Gasteiger partial charge < -0.3 is 20.7 Å². The van der Waals surface area contributed by atoms with Gasteiger partial charge in [0.1, 0.15) is 11.3 Å². The van der Waals surface area contributed by atoms with Crippen LogP contribution in [0, 0.1) is 0 Å². The fourth-order valence-electron chi connectivity index (χ4n) is 2.74. The number of benzene rings is 1. The van der Waals surface area contributed by atoms with Gasteiger partial charge in [0.2, 0.25) is 5.91 Å². The molecule has 0 spiro atoms. The summed E-state index contributed by atoms with van der Waals surface area (Å²) in [5, 5.41) is 7.94. The van der Waals surface area contributed by atoms with Crippen LogP contribution in [0.25, 0.3) is 0 Å². The second-order valence-electron chi connectivity index (χ2n) is 6.77. The van der Waals surface area contributed by atoms with Crippen LogP contribution in [0.15, 0.2) is 18.2 Å². The smallest absolute Gasteiger partial charge is 0.325 e.